The van der Waals surface area contributed by atoms with Gasteiger partial charge in [-0.1, -0.05) is 13.8 Å². The first kappa shape index (κ1) is 8.02. The van der Waals surface area contributed by atoms with Crippen molar-refractivity contribution in [1.29, 1.82) is 0 Å². The van der Waals surface area contributed by atoms with E-state index in [9.17, 15) is 0 Å². The van der Waals surface area contributed by atoms with Crippen LogP contribution in [0.4, 0.5) is 0 Å². The van der Waals surface area contributed by atoms with Gasteiger partial charge >= 0.3 is 0 Å². The van der Waals surface area contributed by atoms with Crippen LogP contribution >= 0.6 is 0 Å². The first-order chi connectivity index (χ1) is 4.72. The number of ether oxygens (including phenoxy) is 1. The summed E-state index contributed by atoms with van der Waals surface area (Å²) in [5.41, 5.74) is 5.85. The van der Waals surface area contributed by atoms with E-state index in [2.05, 4.69) is 13.8 Å². The zero-order valence-electron chi connectivity index (χ0n) is 6.84. The summed E-state index contributed by atoms with van der Waals surface area (Å²) in [6.07, 6.45) is 1.14. The summed E-state index contributed by atoms with van der Waals surface area (Å²) >= 11 is 0. The van der Waals surface area contributed by atoms with Crippen molar-refractivity contribution in [2.45, 2.75) is 26.3 Å². The molecule has 2 heteroatoms. The van der Waals surface area contributed by atoms with Crippen LogP contribution in [0.5, 0.6) is 0 Å². The molecule has 60 valence electrons. The normalized spacial score (nSPS) is 34.8. The maximum absolute atomic E-state index is 5.85. The third-order valence-corrected chi connectivity index (χ3v) is 2.31. The zero-order valence-corrected chi connectivity index (χ0v) is 6.84. The van der Waals surface area contributed by atoms with Gasteiger partial charge in [0.15, 0.2) is 0 Å². The molecule has 1 rings (SSSR count). The molecule has 0 aliphatic carbocycles. The second-order valence-electron chi connectivity index (χ2n) is 3.44. The average molecular weight is 143 g/mol. The minimum Gasteiger partial charge on any atom is -0.380 e. The van der Waals surface area contributed by atoms with Crippen LogP contribution in [0.15, 0.2) is 0 Å². The lowest BCUT2D eigenvalue weighted by Gasteiger charge is -2.31. The fraction of sp³-hybridized carbons (Fsp3) is 1.00. The van der Waals surface area contributed by atoms with Crippen molar-refractivity contribution in [3.05, 3.63) is 0 Å². The molecule has 0 amide bonds. The maximum atomic E-state index is 5.85. The van der Waals surface area contributed by atoms with Gasteiger partial charge in [-0.05, 0) is 18.3 Å². The Balaban J connectivity index is 2.40. The van der Waals surface area contributed by atoms with Crippen LogP contribution in [-0.4, -0.2) is 19.3 Å². The van der Waals surface area contributed by atoms with E-state index >= 15 is 0 Å². The third kappa shape index (κ3) is 1.70. The Bertz CT molecular complexity index is 103. The summed E-state index contributed by atoms with van der Waals surface area (Å²) in [4.78, 5) is 0. The number of nitrogens with two attached hydrogens (primary N) is 1. The minimum atomic E-state index is 0.272. The van der Waals surface area contributed by atoms with Crippen molar-refractivity contribution >= 4 is 0 Å². The van der Waals surface area contributed by atoms with Crippen molar-refractivity contribution in [3.63, 3.8) is 0 Å². The minimum absolute atomic E-state index is 0.272. The molecule has 0 radical (unpaired) electrons. The molecule has 0 aromatic rings. The first-order valence-corrected chi connectivity index (χ1v) is 4.05. The van der Waals surface area contributed by atoms with Crippen LogP contribution in [-0.2, 0) is 4.74 Å². The van der Waals surface area contributed by atoms with Crippen LogP contribution in [0.1, 0.15) is 20.3 Å². The van der Waals surface area contributed by atoms with Crippen LogP contribution < -0.4 is 5.73 Å². The highest BCUT2D eigenvalue weighted by Gasteiger charge is 2.24. The summed E-state index contributed by atoms with van der Waals surface area (Å²) in [5, 5.41) is 0. The fourth-order valence-electron chi connectivity index (χ4n) is 1.60. The quantitative estimate of drug-likeness (QED) is 0.594. The van der Waals surface area contributed by atoms with Gasteiger partial charge in [0, 0.05) is 12.6 Å². The van der Waals surface area contributed by atoms with Gasteiger partial charge in [0.05, 0.1) is 6.61 Å². The van der Waals surface area contributed by atoms with E-state index in [0.717, 1.165) is 19.6 Å². The van der Waals surface area contributed by atoms with Crippen molar-refractivity contribution < 1.29 is 4.74 Å². The first-order valence-electron chi connectivity index (χ1n) is 4.05. The van der Waals surface area contributed by atoms with E-state index in [1.807, 2.05) is 0 Å². The van der Waals surface area contributed by atoms with Crippen molar-refractivity contribution in [2.75, 3.05) is 13.2 Å². The number of rotatable bonds is 1. The Morgan fingerprint density at radius 2 is 2.20 bits per heavy atom. The van der Waals surface area contributed by atoms with Crippen LogP contribution in [0.2, 0.25) is 0 Å². The van der Waals surface area contributed by atoms with Gasteiger partial charge in [0.1, 0.15) is 0 Å². The molecule has 0 spiro atoms. The molecule has 1 saturated heterocycles. The van der Waals surface area contributed by atoms with Gasteiger partial charge in [-0.15, -0.1) is 0 Å². The second kappa shape index (κ2) is 3.35. The Labute approximate surface area is 62.7 Å². The fourth-order valence-corrected chi connectivity index (χ4v) is 1.60. The second-order valence-corrected chi connectivity index (χ2v) is 3.44. The molecule has 0 aromatic heterocycles. The van der Waals surface area contributed by atoms with Crippen molar-refractivity contribution in [3.8, 4) is 0 Å². The SMILES string of the molecule is CC(C)C1CCOCC1N. The monoisotopic (exact) mass is 143 g/mol. The molecule has 0 aromatic carbocycles. The van der Waals surface area contributed by atoms with Crippen LogP contribution in [0.3, 0.4) is 0 Å². The highest BCUT2D eigenvalue weighted by atomic mass is 16.5. The van der Waals surface area contributed by atoms with E-state index in [-0.39, 0.29) is 6.04 Å². The van der Waals surface area contributed by atoms with E-state index in [4.69, 9.17) is 10.5 Å². The summed E-state index contributed by atoms with van der Waals surface area (Å²) in [6, 6.07) is 0.272. The van der Waals surface area contributed by atoms with E-state index in [1.165, 1.54) is 0 Å². The molecule has 2 nitrogen and oxygen atoms in total. The Morgan fingerprint density at radius 1 is 1.50 bits per heavy atom. The molecule has 10 heavy (non-hydrogen) atoms. The molecule has 0 bridgehead atoms. The van der Waals surface area contributed by atoms with Gasteiger partial charge in [-0.2, -0.15) is 0 Å². The van der Waals surface area contributed by atoms with Gasteiger partial charge < -0.3 is 10.5 Å². The molecule has 2 unspecified atom stereocenters. The van der Waals surface area contributed by atoms with Gasteiger partial charge in [0.2, 0.25) is 0 Å². The predicted octanol–water partition coefficient (Wildman–Crippen LogP) is 1.01. The smallest absolute Gasteiger partial charge is 0.0620 e. The van der Waals surface area contributed by atoms with E-state index in [0.29, 0.717) is 11.8 Å². The maximum Gasteiger partial charge on any atom is 0.0620 e. The van der Waals surface area contributed by atoms with E-state index in [1.54, 1.807) is 0 Å². The van der Waals surface area contributed by atoms with Crippen molar-refractivity contribution in [1.82, 2.24) is 0 Å². The number of hydrogen-bond donors (Lipinski definition) is 1. The molecule has 1 aliphatic rings. The molecule has 2 atom stereocenters. The van der Waals surface area contributed by atoms with Gasteiger partial charge in [0.25, 0.3) is 0 Å². The van der Waals surface area contributed by atoms with Crippen molar-refractivity contribution in [2.24, 2.45) is 17.6 Å². The lowest BCUT2D eigenvalue weighted by atomic mass is 9.85. The Hall–Kier alpha value is -0.0800. The lowest BCUT2D eigenvalue weighted by Crippen LogP contribution is -2.41. The van der Waals surface area contributed by atoms with Crippen LogP contribution in [0.25, 0.3) is 0 Å². The highest BCUT2D eigenvalue weighted by Crippen LogP contribution is 2.21. The van der Waals surface area contributed by atoms with Gasteiger partial charge in [-0.25, -0.2) is 0 Å². The predicted molar refractivity (Wildman–Crippen MR) is 41.7 cm³/mol. The molecule has 1 heterocycles. The molecule has 0 saturated carbocycles. The van der Waals surface area contributed by atoms with Gasteiger partial charge in [-0.3, -0.25) is 0 Å². The zero-order chi connectivity index (χ0) is 7.56. The molecular formula is C8H17NO. The average Bonchev–Trinajstić information content (AvgIpc) is 1.88. The molecule has 1 aliphatic heterocycles. The summed E-state index contributed by atoms with van der Waals surface area (Å²) in [6.45, 7) is 6.12. The number of hydrogen-bond acceptors (Lipinski definition) is 2. The highest BCUT2D eigenvalue weighted by molar-refractivity contribution is 4.78. The third-order valence-electron chi connectivity index (χ3n) is 2.31. The summed E-state index contributed by atoms with van der Waals surface area (Å²) in [5.74, 6) is 1.38. The summed E-state index contributed by atoms with van der Waals surface area (Å²) in [7, 11) is 0. The van der Waals surface area contributed by atoms with E-state index < -0.39 is 0 Å². The molecular weight excluding hydrogens is 126 g/mol. The summed E-state index contributed by atoms with van der Waals surface area (Å²) < 4.78 is 5.24. The standard InChI is InChI=1S/C8H17NO/c1-6(2)7-3-4-10-5-8(7)9/h6-8H,3-5,9H2,1-2H3. The lowest BCUT2D eigenvalue weighted by molar-refractivity contribution is 0.0344. The van der Waals surface area contributed by atoms with Crippen LogP contribution in [0, 0.1) is 11.8 Å². The topological polar surface area (TPSA) is 35.2 Å². The largest absolute Gasteiger partial charge is 0.380 e. The Morgan fingerprint density at radius 3 is 2.60 bits per heavy atom. The molecule has 2 N–H and O–H groups in total. The molecule has 1 fully saturated rings. The Kier molecular flexibility index (Phi) is 2.69.